The van der Waals surface area contributed by atoms with Crippen LogP contribution in [0.3, 0.4) is 0 Å². The number of benzene rings is 1. The summed E-state index contributed by atoms with van der Waals surface area (Å²) in [6, 6.07) is 8.95. The Morgan fingerprint density at radius 2 is 1.65 bits per heavy atom. The Bertz CT molecular complexity index is 619. The molecule has 2 aromatic rings. The molecule has 6 heteroatoms. The Labute approximate surface area is 95.9 Å². The second-order valence-corrected chi connectivity index (χ2v) is 3.25. The summed E-state index contributed by atoms with van der Waals surface area (Å²) in [6.07, 6.45) is 0. The molecule has 1 aromatic heterocycles. The molecule has 0 fully saturated rings. The first-order valence-electron chi connectivity index (χ1n) is 4.79. The van der Waals surface area contributed by atoms with E-state index in [9.17, 15) is 15.0 Å². The molecule has 2 rings (SSSR count). The summed E-state index contributed by atoms with van der Waals surface area (Å²) < 4.78 is 0. The number of para-hydroxylation sites is 1. The molecule has 0 amide bonds. The normalized spacial score (nSPS) is 10.8. The number of H-pyrrole nitrogens is 1. The molecule has 0 unspecified atom stereocenters. The van der Waals surface area contributed by atoms with Crippen LogP contribution in [-0.2, 0) is 0 Å². The van der Waals surface area contributed by atoms with E-state index in [1.807, 2.05) is 0 Å². The van der Waals surface area contributed by atoms with Gasteiger partial charge in [-0.3, -0.25) is 9.78 Å². The number of hydrogen-bond acceptors (Lipinski definition) is 5. The molecular weight excluding hydrogens is 222 g/mol. The number of rotatable bonds is 2. The Kier molecular flexibility index (Phi) is 2.87. The van der Waals surface area contributed by atoms with Gasteiger partial charge in [-0.05, 0) is 18.2 Å². The summed E-state index contributed by atoms with van der Waals surface area (Å²) in [5.41, 5.74) is -0.0324. The lowest BCUT2D eigenvalue weighted by molar-refractivity contribution is 0.453. The lowest BCUT2D eigenvalue weighted by atomic mass is 10.3. The topological polar surface area (TPSA) is 98.0 Å². The molecule has 0 aliphatic heterocycles. The highest BCUT2D eigenvalue weighted by Gasteiger charge is 2.01. The van der Waals surface area contributed by atoms with Gasteiger partial charge in [0, 0.05) is 6.07 Å². The van der Waals surface area contributed by atoms with Gasteiger partial charge >= 0.3 is 0 Å². The van der Waals surface area contributed by atoms with Crippen LogP contribution in [0.15, 0.2) is 51.4 Å². The van der Waals surface area contributed by atoms with Crippen molar-refractivity contribution in [2.45, 2.75) is 0 Å². The molecule has 0 atom stereocenters. The minimum absolute atomic E-state index is 0.0137. The first-order valence-corrected chi connectivity index (χ1v) is 4.79. The minimum Gasteiger partial charge on any atom is -0.506 e. The number of aromatic amines is 1. The molecule has 3 N–H and O–H groups in total. The summed E-state index contributed by atoms with van der Waals surface area (Å²) in [7, 11) is 0. The molecule has 1 aromatic carbocycles. The van der Waals surface area contributed by atoms with Crippen LogP contribution in [0.4, 0.5) is 11.4 Å². The van der Waals surface area contributed by atoms with E-state index in [1.165, 1.54) is 18.2 Å². The number of pyridine rings is 1. The Hall–Kier alpha value is -2.63. The first-order chi connectivity index (χ1) is 8.16. The van der Waals surface area contributed by atoms with Crippen molar-refractivity contribution < 1.29 is 10.2 Å². The largest absolute Gasteiger partial charge is 0.506 e. The number of nitrogens with one attached hydrogen (secondary N) is 1. The highest BCUT2D eigenvalue weighted by Crippen LogP contribution is 2.29. The van der Waals surface area contributed by atoms with Gasteiger partial charge in [0.15, 0.2) is 0 Å². The maximum atomic E-state index is 10.8. The molecule has 1 heterocycles. The van der Waals surface area contributed by atoms with Crippen molar-refractivity contribution in [3.63, 3.8) is 0 Å². The van der Waals surface area contributed by atoms with Gasteiger partial charge in [0.1, 0.15) is 17.1 Å². The number of aromatic hydroxyl groups is 2. The van der Waals surface area contributed by atoms with E-state index in [2.05, 4.69) is 15.2 Å². The second kappa shape index (κ2) is 4.48. The van der Waals surface area contributed by atoms with Crippen molar-refractivity contribution in [3.05, 3.63) is 46.8 Å². The second-order valence-electron chi connectivity index (χ2n) is 3.25. The number of azo groups is 1. The third-order valence-corrected chi connectivity index (χ3v) is 2.02. The standard InChI is InChI=1S/C11H9N3O3/c15-9-4-2-1-3-7(9)13-14-8-5-6-10(16)12-11(8)17/h1-6,15H,(H2,12,16,17). The molecule has 86 valence electrons. The van der Waals surface area contributed by atoms with Crippen molar-refractivity contribution in [1.29, 1.82) is 0 Å². The minimum atomic E-state index is -0.427. The van der Waals surface area contributed by atoms with E-state index in [0.29, 0.717) is 0 Å². The maximum absolute atomic E-state index is 10.8. The smallest absolute Gasteiger partial charge is 0.250 e. The van der Waals surface area contributed by atoms with Crippen LogP contribution in [0.25, 0.3) is 0 Å². The first kappa shape index (κ1) is 10.9. The number of nitrogens with zero attached hydrogens (tertiary/aromatic N) is 2. The van der Waals surface area contributed by atoms with Crippen LogP contribution in [0.5, 0.6) is 11.6 Å². The summed E-state index contributed by atoms with van der Waals surface area (Å²) >= 11 is 0. The van der Waals surface area contributed by atoms with E-state index < -0.39 is 5.56 Å². The van der Waals surface area contributed by atoms with E-state index in [-0.39, 0.29) is 23.0 Å². The highest BCUT2D eigenvalue weighted by atomic mass is 16.3. The van der Waals surface area contributed by atoms with Crippen LogP contribution in [0, 0.1) is 0 Å². The van der Waals surface area contributed by atoms with Gasteiger partial charge in [0.25, 0.3) is 5.56 Å². The summed E-state index contributed by atoms with van der Waals surface area (Å²) in [5.74, 6) is -0.378. The predicted octanol–water partition coefficient (Wildman–Crippen LogP) is 2.20. The lowest BCUT2D eigenvalue weighted by Crippen LogP contribution is -2.00. The number of hydrogen-bond donors (Lipinski definition) is 3. The average molecular weight is 231 g/mol. The summed E-state index contributed by atoms with van der Waals surface area (Å²) in [6.45, 7) is 0. The average Bonchev–Trinajstić information content (AvgIpc) is 2.30. The molecule has 0 aliphatic carbocycles. The molecule has 6 nitrogen and oxygen atoms in total. The van der Waals surface area contributed by atoms with Gasteiger partial charge < -0.3 is 10.2 Å². The molecule has 0 aliphatic rings. The fourth-order valence-electron chi connectivity index (χ4n) is 1.19. The predicted molar refractivity (Wildman–Crippen MR) is 61.0 cm³/mol. The van der Waals surface area contributed by atoms with Gasteiger partial charge in [-0.2, -0.15) is 0 Å². The van der Waals surface area contributed by atoms with Crippen molar-refractivity contribution in [2.75, 3.05) is 0 Å². The molecule has 0 saturated heterocycles. The van der Waals surface area contributed by atoms with Crippen molar-refractivity contribution in [1.82, 2.24) is 4.98 Å². The zero-order chi connectivity index (χ0) is 12.3. The van der Waals surface area contributed by atoms with Gasteiger partial charge in [-0.15, -0.1) is 10.2 Å². The number of phenolic OH excluding ortho intramolecular Hbond substituents is 1. The SMILES string of the molecule is O=c1ccc(N=Nc2ccccc2O)c(O)[nH]1. The summed E-state index contributed by atoms with van der Waals surface area (Å²) in [4.78, 5) is 13.0. The van der Waals surface area contributed by atoms with E-state index in [0.717, 1.165) is 0 Å². The van der Waals surface area contributed by atoms with Crippen LogP contribution >= 0.6 is 0 Å². The molecule has 0 radical (unpaired) electrons. The monoisotopic (exact) mass is 231 g/mol. The quantitative estimate of drug-likeness (QED) is 0.691. The van der Waals surface area contributed by atoms with Gasteiger partial charge in [0.05, 0.1) is 0 Å². The van der Waals surface area contributed by atoms with Crippen LogP contribution in [0.1, 0.15) is 0 Å². The molecule has 0 spiro atoms. The van der Waals surface area contributed by atoms with Crippen molar-refractivity contribution in [2.24, 2.45) is 10.2 Å². The number of aromatic nitrogens is 1. The van der Waals surface area contributed by atoms with E-state index in [1.54, 1.807) is 18.2 Å². The van der Waals surface area contributed by atoms with Crippen molar-refractivity contribution in [3.8, 4) is 11.6 Å². The maximum Gasteiger partial charge on any atom is 0.250 e. The van der Waals surface area contributed by atoms with E-state index >= 15 is 0 Å². The van der Waals surface area contributed by atoms with Crippen LogP contribution in [0.2, 0.25) is 0 Å². The fraction of sp³-hybridized carbons (Fsp3) is 0. The van der Waals surface area contributed by atoms with Crippen molar-refractivity contribution >= 4 is 11.4 Å². The van der Waals surface area contributed by atoms with Gasteiger partial charge in [-0.25, -0.2) is 0 Å². The number of phenols is 1. The summed E-state index contributed by atoms with van der Waals surface area (Å²) in [5, 5.41) is 26.3. The molecule has 17 heavy (non-hydrogen) atoms. The van der Waals surface area contributed by atoms with E-state index in [4.69, 9.17) is 0 Å². The third kappa shape index (κ3) is 2.49. The van der Waals surface area contributed by atoms with Gasteiger partial charge in [0.2, 0.25) is 5.88 Å². The highest BCUT2D eigenvalue weighted by molar-refractivity contribution is 5.51. The zero-order valence-electron chi connectivity index (χ0n) is 8.66. The third-order valence-electron chi connectivity index (χ3n) is 2.02. The molecular formula is C11H9N3O3. The molecule has 0 bridgehead atoms. The zero-order valence-corrected chi connectivity index (χ0v) is 8.66. The Morgan fingerprint density at radius 3 is 2.35 bits per heavy atom. The fourth-order valence-corrected chi connectivity index (χ4v) is 1.19. The Morgan fingerprint density at radius 1 is 0.941 bits per heavy atom. The lowest BCUT2D eigenvalue weighted by Gasteiger charge is -1.97. The van der Waals surface area contributed by atoms with Crippen LogP contribution < -0.4 is 5.56 Å². The molecule has 0 saturated carbocycles. The van der Waals surface area contributed by atoms with Crippen LogP contribution in [-0.4, -0.2) is 15.2 Å². The van der Waals surface area contributed by atoms with Gasteiger partial charge in [-0.1, -0.05) is 12.1 Å². The Balaban J connectivity index is 2.33.